The summed E-state index contributed by atoms with van der Waals surface area (Å²) in [6.45, 7) is 4.89. The maximum absolute atomic E-state index is 13.2. The second-order valence-electron chi connectivity index (χ2n) is 10.4. The monoisotopic (exact) mass is 647 g/mol. The second-order valence-corrected chi connectivity index (χ2v) is 10.8. The van der Waals surface area contributed by atoms with Crippen LogP contribution in [-0.2, 0) is 16.0 Å². The maximum Gasteiger partial charge on any atom is 0.422 e. The lowest BCUT2D eigenvalue weighted by Crippen LogP contribution is -2.30. The molecule has 0 unspecified atom stereocenters. The Hall–Kier alpha value is -4.63. The molecule has 240 valence electrons. The van der Waals surface area contributed by atoms with E-state index in [-0.39, 0.29) is 39.9 Å². The van der Waals surface area contributed by atoms with Crippen LogP contribution in [0.25, 0.3) is 0 Å². The number of nitrogens with zero attached hydrogens (tertiary/aromatic N) is 6. The minimum atomic E-state index is -4.65. The first-order valence-corrected chi connectivity index (χ1v) is 14.1. The molecule has 2 aromatic heterocycles. The van der Waals surface area contributed by atoms with Crippen molar-refractivity contribution in [2.75, 3.05) is 73.1 Å². The first-order valence-electron chi connectivity index (χ1n) is 13.8. The summed E-state index contributed by atoms with van der Waals surface area (Å²) in [6, 6.07) is 6.92. The highest BCUT2D eigenvalue weighted by molar-refractivity contribution is 6.33. The number of rotatable bonds is 12. The number of aromatic nitrogens is 3. The van der Waals surface area contributed by atoms with Crippen molar-refractivity contribution < 1.29 is 27.5 Å². The largest absolute Gasteiger partial charge is 0.466 e. The standard InChI is InChI=1S/C29H33ClF3N9O3/c1-6-23(44)35-21-14-22(27(45-16-29(31,32)33)39-26(21)41(5)13-12-40(3)4)37-28-34-15-19(30)25(38-28)36-20-9-7-8-18-10-11-42(17(2)43)24(18)20/h6-9,14-15H,1,10-13,16H2,2-5H3,(H,35,44)(H2,34,36,37,38). The second kappa shape index (κ2) is 14.0. The van der Waals surface area contributed by atoms with Gasteiger partial charge in [0.1, 0.15) is 10.7 Å². The fourth-order valence-corrected chi connectivity index (χ4v) is 4.63. The molecule has 0 bridgehead atoms. The zero-order chi connectivity index (χ0) is 32.9. The van der Waals surface area contributed by atoms with Crippen LogP contribution < -0.4 is 30.5 Å². The third-order valence-electron chi connectivity index (χ3n) is 6.65. The molecule has 1 aromatic carbocycles. The van der Waals surface area contributed by atoms with Gasteiger partial charge in [0.2, 0.25) is 23.6 Å². The van der Waals surface area contributed by atoms with Crippen molar-refractivity contribution in [2.24, 2.45) is 0 Å². The van der Waals surface area contributed by atoms with Crippen LogP contribution in [0.2, 0.25) is 5.02 Å². The van der Waals surface area contributed by atoms with Crippen LogP contribution in [-0.4, -0.2) is 85.2 Å². The molecule has 12 nitrogen and oxygen atoms in total. The van der Waals surface area contributed by atoms with Crippen molar-refractivity contribution >= 4 is 63.7 Å². The molecular formula is C29H33ClF3N9O3. The molecule has 45 heavy (non-hydrogen) atoms. The van der Waals surface area contributed by atoms with Gasteiger partial charge in [-0.1, -0.05) is 30.3 Å². The molecule has 0 saturated carbocycles. The van der Waals surface area contributed by atoms with E-state index in [2.05, 4.69) is 37.5 Å². The summed E-state index contributed by atoms with van der Waals surface area (Å²) in [5, 5.41) is 8.78. The number of carbonyl (C=O) groups excluding carboxylic acids is 2. The molecule has 0 spiro atoms. The van der Waals surface area contributed by atoms with Crippen LogP contribution in [0, 0.1) is 0 Å². The minimum Gasteiger partial charge on any atom is -0.466 e. The van der Waals surface area contributed by atoms with E-state index in [4.69, 9.17) is 16.3 Å². The van der Waals surface area contributed by atoms with Gasteiger partial charge >= 0.3 is 6.18 Å². The van der Waals surface area contributed by atoms with Crippen LogP contribution in [0.5, 0.6) is 5.88 Å². The number of para-hydroxylation sites is 1. The van der Waals surface area contributed by atoms with E-state index >= 15 is 0 Å². The normalized spacial score (nSPS) is 12.5. The number of anilines is 7. The van der Waals surface area contributed by atoms with Crippen molar-refractivity contribution in [2.45, 2.75) is 19.5 Å². The number of nitrogens with one attached hydrogen (secondary N) is 3. The molecule has 4 rings (SSSR count). The van der Waals surface area contributed by atoms with Crippen molar-refractivity contribution in [3.63, 3.8) is 0 Å². The quantitative estimate of drug-likeness (QED) is 0.232. The van der Waals surface area contributed by atoms with Gasteiger partial charge in [0.15, 0.2) is 18.2 Å². The number of pyridine rings is 1. The molecule has 16 heteroatoms. The fraction of sp³-hybridized carbons (Fsp3) is 0.345. The molecule has 1 aliphatic rings. The van der Waals surface area contributed by atoms with Gasteiger partial charge in [-0.05, 0) is 44.3 Å². The van der Waals surface area contributed by atoms with E-state index in [0.29, 0.717) is 37.4 Å². The number of hydrogen-bond donors (Lipinski definition) is 3. The lowest BCUT2D eigenvalue weighted by Gasteiger charge is -2.25. The summed E-state index contributed by atoms with van der Waals surface area (Å²) in [4.78, 5) is 42.7. The van der Waals surface area contributed by atoms with Crippen LogP contribution >= 0.6 is 11.6 Å². The predicted molar refractivity (Wildman–Crippen MR) is 168 cm³/mol. The zero-order valence-electron chi connectivity index (χ0n) is 25.1. The Labute approximate surface area is 263 Å². The number of likely N-dealkylation sites (N-methyl/N-ethyl adjacent to an activating group) is 2. The van der Waals surface area contributed by atoms with E-state index in [9.17, 15) is 22.8 Å². The molecule has 0 fully saturated rings. The molecule has 3 heterocycles. The fourth-order valence-electron chi connectivity index (χ4n) is 4.49. The third kappa shape index (κ3) is 8.51. The number of halogens is 4. The van der Waals surface area contributed by atoms with Gasteiger partial charge in [-0.2, -0.15) is 23.1 Å². The van der Waals surface area contributed by atoms with Crippen molar-refractivity contribution in [3.8, 4) is 5.88 Å². The van der Waals surface area contributed by atoms with Crippen LogP contribution in [0.1, 0.15) is 12.5 Å². The van der Waals surface area contributed by atoms with E-state index < -0.39 is 24.6 Å². The molecule has 1 aliphatic heterocycles. The Morgan fingerprint density at radius 2 is 1.89 bits per heavy atom. The minimum absolute atomic E-state index is 0.0556. The summed E-state index contributed by atoms with van der Waals surface area (Å²) in [5.74, 6) is -0.801. The first-order chi connectivity index (χ1) is 21.3. The van der Waals surface area contributed by atoms with Gasteiger partial charge in [-0.15, -0.1) is 0 Å². The van der Waals surface area contributed by atoms with E-state index in [1.807, 2.05) is 31.1 Å². The number of amides is 2. The van der Waals surface area contributed by atoms with E-state index in [1.165, 1.54) is 19.2 Å². The molecular weight excluding hydrogens is 615 g/mol. The van der Waals surface area contributed by atoms with Crippen molar-refractivity contribution in [3.05, 3.63) is 53.7 Å². The number of benzene rings is 1. The Morgan fingerprint density at radius 1 is 1.13 bits per heavy atom. The summed E-state index contributed by atoms with van der Waals surface area (Å²) in [6.07, 6.45) is -1.60. The Bertz CT molecular complexity index is 1590. The SMILES string of the molecule is C=CC(=O)Nc1cc(Nc2ncc(Cl)c(Nc3cccc4c3N(C(C)=O)CC4)n2)c(OCC(F)(F)F)nc1N(C)CCN(C)C. The average molecular weight is 648 g/mol. The summed E-state index contributed by atoms with van der Waals surface area (Å²) in [5.41, 5.74) is 2.39. The number of fused-ring (bicyclic) bond motifs is 1. The highest BCUT2D eigenvalue weighted by Crippen LogP contribution is 2.39. The smallest absolute Gasteiger partial charge is 0.422 e. The molecule has 0 aliphatic carbocycles. The Morgan fingerprint density at radius 3 is 2.56 bits per heavy atom. The zero-order valence-corrected chi connectivity index (χ0v) is 25.9. The highest BCUT2D eigenvalue weighted by Gasteiger charge is 2.30. The number of hydrogen-bond acceptors (Lipinski definition) is 10. The third-order valence-corrected chi connectivity index (χ3v) is 6.92. The number of carbonyl (C=O) groups is 2. The van der Waals surface area contributed by atoms with E-state index in [0.717, 1.165) is 11.6 Å². The van der Waals surface area contributed by atoms with Gasteiger partial charge in [0, 0.05) is 33.6 Å². The van der Waals surface area contributed by atoms with Crippen molar-refractivity contribution in [1.29, 1.82) is 0 Å². The predicted octanol–water partition coefficient (Wildman–Crippen LogP) is 4.98. The summed E-state index contributed by atoms with van der Waals surface area (Å²) >= 11 is 6.41. The number of ether oxygens (including phenoxy) is 1. The van der Waals surface area contributed by atoms with Gasteiger partial charge in [-0.25, -0.2) is 4.98 Å². The molecule has 3 aromatic rings. The topological polar surface area (TPSA) is 128 Å². The molecule has 2 amide bonds. The van der Waals surface area contributed by atoms with Crippen molar-refractivity contribution in [1.82, 2.24) is 19.9 Å². The van der Waals surface area contributed by atoms with Gasteiger partial charge in [0.05, 0.1) is 23.3 Å². The molecule has 0 atom stereocenters. The van der Waals surface area contributed by atoms with Gasteiger partial charge in [0.25, 0.3) is 0 Å². The maximum atomic E-state index is 13.2. The molecule has 0 radical (unpaired) electrons. The van der Waals surface area contributed by atoms with Gasteiger partial charge in [-0.3, -0.25) is 9.59 Å². The van der Waals surface area contributed by atoms with Crippen LogP contribution in [0.15, 0.2) is 43.1 Å². The molecule has 0 saturated heterocycles. The van der Waals surface area contributed by atoms with Crippen LogP contribution in [0.4, 0.5) is 53.5 Å². The van der Waals surface area contributed by atoms with Gasteiger partial charge < -0.3 is 35.4 Å². The number of alkyl halides is 3. The first kappa shape index (κ1) is 33.3. The lowest BCUT2D eigenvalue weighted by molar-refractivity contribution is -0.153. The lowest BCUT2D eigenvalue weighted by atomic mass is 10.1. The van der Waals surface area contributed by atoms with E-state index in [1.54, 1.807) is 22.9 Å². The highest BCUT2D eigenvalue weighted by atomic mass is 35.5. The molecule has 3 N–H and O–H groups in total. The Kier molecular flexibility index (Phi) is 10.3. The summed E-state index contributed by atoms with van der Waals surface area (Å²) < 4.78 is 44.7. The summed E-state index contributed by atoms with van der Waals surface area (Å²) in [7, 11) is 5.42. The average Bonchev–Trinajstić information content (AvgIpc) is 3.42. The van der Waals surface area contributed by atoms with Crippen LogP contribution in [0.3, 0.4) is 0 Å². The Balaban J connectivity index is 1.73.